The molecule has 0 radical (unpaired) electrons. The molecule has 1 amide bonds. The normalized spacial score (nSPS) is 22.7. The molecule has 2 fully saturated rings. The number of hydrogen-bond donors (Lipinski definition) is 0. The van der Waals surface area contributed by atoms with Gasteiger partial charge >= 0.3 is 6.09 Å². The average Bonchev–Trinajstić information content (AvgIpc) is 2.93. The Labute approximate surface area is 157 Å². The van der Waals surface area contributed by atoms with E-state index in [1.807, 2.05) is 13.8 Å². The monoisotopic (exact) mass is 412 g/mol. The van der Waals surface area contributed by atoms with E-state index in [1.54, 1.807) is 17.0 Å². The lowest BCUT2D eigenvalue weighted by molar-refractivity contribution is 0.0901. The van der Waals surface area contributed by atoms with Gasteiger partial charge in [0.25, 0.3) is 0 Å². The van der Waals surface area contributed by atoms with Crippen LogP contribution in [0.1, 0.15) is 32.3 Å². The van der Waals surface area contributed by atoms with Gasteiger partial charge in [0.05, 0.1) is 6.54 Å². The number of carbonyl (C=O) groups excluding carboxylic acids is 1. The fourth-order valence-electron chi connectivity index (χ4n) is 3.73. The van der Waals surface area contributed by atoms with Crippen molar-refractivity contribution in [2.24, 2.45) is 5.92 Å². The highest BCUT2D eigenvalue weighted by Gasteiger charge is 2.34. The van der Waals surface area contributed by atoms with Crippen LogP contribution < -0.4 is 0 Å². The summed E-state index contributed by atoms with van der Waals surface area (Å²) in [6.45, 7) is 7.54. The second-order valence-corrected chi connectivity index (χ2v) is 8.29. The number of halogens is 2. The van der Waals surface area contributed by atoms with E-state index in [2.05, 4.69) is 20.8 Å². The molecule has 0 aromatic heterocycles. The number of likely N-dealkylation sites (tertiary alicyclic amines) is 1. The van der Waals surface area contributed by atoms with Crippen molar-refractivity contribution in [3.8, 4) is 0 Å². The average molecular weight is 413 g/mol. The van der Waals surface area contributed by atoms with Gasteiger partial charge in [-0.1, -0.05) is 15.9 Å². The highest BCUT2D eigenvalue weighted by Crippen LogP contribution is 2.27. The van der Waals surface area contributed by atoms with E-state index < -0.39 is 0 Å². The highest BCUT2D eigenvalue weighted by atomic mass is 79.9. The van der Waals surface area contributed by atoms with Crippen LogP contribution in [-0.4, -0.2) is 54.2 Å². The molecule has 0 N–H and O–H groups in total. The number of rotatable bonds is 5. The van der Waals surface area contributed by atoms with Gasteiger partial charge in [-0.3, -0.25) is 4.90 Å². The first kappa shape index (κ1) is 18.6. The summed E-state index contributed by atoms with van der Waals surface area (Å²) in [5.41, 5.74) is 1.05. The number of ether oxygens (including phenoxy) is 1. The van der Waals surface area contributed by atoms with E-state index in [1.165, 1.54) is 6.07 Å². The molecule has 2 aliphatic heterocycles. The molecule has 138 valence electrons. The minimum Gasteiger partial charge on any atom is -0.443 e. The first-order chi connectivity index (χ1) is 11.9. The molecule has 1 aromatic rings. The SMILES string of the molecule is CC(C)N1CC(CN2CCC(Cc3cc(F)ccc3Br)CC2)OC1=O. The third kappa shape index (κ3) is 4.73. The first-order valence-corrected chi connectivity index (χ1v) is 9.85. The molecular formula is C19H26BrFN2O2. The van der Waals surface area contributed by atoms with Gasteiger partial charge in [-0.25, -0.2) is 9.18 Å². The molecule has 2 heterocycles. The van der Waals surface area contributed by atoms with Crippen molar-refractivity contribution in [1.29, 1.82) is 0 Å². The van der Waals surface area contributed by atoms with Crippen molar-refractivity contribution in [3.63, 3.8) is 0 Å². The number of carbonyl (C=O) groups is 1. The van der Waals surface area contributed by atoms with Crippen molar-refractivity contribution in [2.75, 3.05) is 26.2 Å². The van der Waals surface area contributed by atoms with E-state index in [0.717, 1.165) is 48.9 Å². The Bertz CT molecular complexity index is 617. The summed E-state index contributed by atoms with van der Waals surface area (Å²) in [7, 11) is 0. The quantitative estimate of drug-likeness (QED) is 0.730. The van der Waals surface area contributed by atoms with Crippen molar-refractivity contribution in [3.05, 3.63) is 34.1 Å². The second-order valence-electron chi connectivity index (χ2n) is 7.44. The molecule has 25 heavy (non-hydrogen) atoms. The van der Waals surface area contributed by atoms with E-state index in [9.17, 15) is 9.18 Å². The Morgan fingerprint density at radius 1 is 1.32 bits per heavy atom. The van der Waals surface area contributed by atoms with Crippen molar-refractivity contribution >= 4 is 22.0 Å². The molecule has 0 bridgehead atoms. The summed E-state index contributed by atoms with van der Waals surface area (Å²) in [5.74, 6) is 0.404. The van der Waals surface area contributed by atoms with Crippen molar-refractivity contribution < 1.29 is 13.9 Å². The predicted molar refractivity (Wildman–Crippen MR) is 99.1 cm³/mol. The number of nitrogens with zero attached hydrogens (tertiary/aromatic N) is 2. The molecule has 1 atom stereocenters. The molecule has 3 rings (SSSR count). The Morgan fingerprint density at radius 3 is 2.68 bits per heavy atom. The Morgan fingerprint density at radius 2 is 2.04 bits per heavy atom. The minimum absolute atomic E-state index is 0.0242. The lowest BCUT2D eigenvalue weighted by Crippen LogP contribution is -2.41. The minimum atomic E-state index is -0.189. The summed E-state index contributed by atoms with van der Waals surface area (Å²) in [5, 5.41) is 0. The predicted octanol–water partition coefficient (Wildman–Crippen LogP) is 4.07. The molecule has 1 aromatic carbocycles. The molecule has 0 aliphatic carbocycles. The molecule has 2 saturated heterocycles. The van der Waals surface area contributed by atoms with Crippen molar-refractivity contribution in [1.82, 2.24) is 9.80 Å². The van der Waals surface area contributed by atoms with Gasteiger partial charge in [-0.05, 0) is 75.9 Å². The summed E-state index contributed by atoms with van der Waals surface area (Å²) < 4.78 is 19.9. The molecule has 1 unspecified atom stereocenters. The summed E-state index contributed by atoms with van der Waals surface area (Å²) in [4.78, 5) is 16.0. The number of cyclic esters (lactones) is 1. The van der Waals surface area contributed by atoms with Gasteiger partial charge < -0.3 is 9.64 Å². The molecule has 0 saturated carbocycles. The zero-order valence-electron chi connectivity index (χ0n) is 14.9. The second kappa shape index (κ2) is 8.04. The fraction of sp³-hybridized carbons (Fsp3) is 0.632. The van der Waals surface area contributed by atoms with E-state index in [-0.39, 0.29) is 24.1 Å². The van der Waals surface area contributed by atoms with Gasteiger partial charge in [0.15, 0.2) is 0 Å². The maximum atomic E-state index is 13.4. The number of amides is 1. The highest BCUT2D eigenvalue weighted by molar-refractivity contribution is 9.10. The molecular weight excluding hydrogens is 387 g/mol. The van der Waals surface area contributed by atoms with Gasteiger partial charge in [-0.15, -0.1) is 0 Å². The van der Waals surface area contributed by atoms with Crippen LogP contribution in [0.15, 0.2) is 22.7 Å². The Hall–Kier alpha value is -1.14. The standard InChI is InChI=1S/C19H26BrFN2O2/c1-13(2)23-12-17(25-19(23)24)11-22-7-5-14(6-8-22)9-15-10-16(21)3-4-18(15)20/h3-4,10,13-14,17H,5-9,11-12H2,1-2H3. The number of hydrogen-bond acceptors (Lipinski definition) is 3. The van der Waals surface area contributed by atoms with Crippen LogP contribution in [0.25, 0.3) is 0 Å². The van der Waals surface area contributed by atoms with Gasteiger partial charge in [0.1, 0.15) is 11.9 Å². The third-order valence-electron chi connectivity index (χ3n) is 5.21. The Kier molecular flexibility index (Phi) is 6.00. The molecule has 6 heteroatoms. The molecule has 2 aliphatic rings. The van der Waals surface area contributed by atoms with Crippen LogP contribution in [0.2, 0.25) is 0 Å². The van der Waals surface area contributed by atoms with E-state index in [0.29, 0.717) is 12.5 Å². The zero-order chi connectivity index (χ0) is 18.0. The van der Waals surface area contributed by atoms with Crippen LogP contribution in [0.4, 0.5) is 9.18 Å². The van der Waals surface area contributed by atoms with E-state index >= 15 is 0 Å². The maximum Gasteiger partial charge on any atom is 0.410 e. The van der Waals surface area contributed by atoms with Crippen molar-refractivity contribution in [2.45, 2.75) is 45.3 Å². The lowest BCUT2D eigenvalue weighted by Gasteiger charge is -2.33. The van der Waals surface area contributed by atoms with Gasteiger partial charge in [-0.2, -0.15) is 0 Å². The van der Waals surface area contributed by atoms with E-state index in [4.69, 9.17) is 4.74 Å². The number of benzene rings is 1. The lowest BCUT2D eigenvalue weighted by atomic mass is 9.90. The van der Waals surface area contributed by atoms with Crippen LogP contribution in [0.5, 0.6) is 0 Å². The smallest absolute Gasteiger partial charge is 0.410 e. The van der Waals surface area contributed by atoms with Crippen LogP contribution in [0, 0.1) is 11.7 Å². The number of piperidine rings is 1. The zero-order valence-corrected chi connectivity index (χ0v) is 16.5. The topological polar surface area (TPSA) is 32.8 Å². The van der Waals surface area contributed by atoms with Gasteiger partial charge in [0, 0.05) is 17.1 Å². The maximum absolute atomic E-state index is 13.4. The van der Waals surface area contributed by atoms with Gasteiger partial charge in [0.2, 0.25) is 0 Å². The summed E-state index contributed by atoms with van der Waals surface area (Å²) in [6, 6.07) is 5.09. The summed E-state index contributed by atoms with van der Waals surface area (Å²) in [6.07, 6.45) is 2.88. The molecule has 4 nitrogen and oxygen atoms in total. The third-order valence-corrected chi connectivity index (χ3v) is 5.98. The first-order valence-electron chi connectivity index (χ1n) is 9.06. The van der Waals surface area contributed by atoms with Crippen LogP contribution >= 0.6 is 15.9 Å². The summed E-state index contributed by atoms with van der Waals surface area (Å²) >= 11 is 3.52. The Balaban J connectivity index is 1.46. The van der Waals surface area contributed by atoms with Crippen LogP contribution in [0.3, 0.4) is 0 Å². The fourth-order valence-corrected chi connectivity index (χ4v) is 4.14. The largest absolute Gasteiger partial charge is 0.443 e. The van der Waals surface area contributed by atoms with Crippen LogP contribution in [-0.2, 0) is 11.2 Å². The molecule has 0 spiro atoms.